The van der Waals surface area contributed by atoms with Gasteiger partial charge in [-0.25, -0.2) is 0 Å². The van der Waals surface area contributed by atoms with E-state index in [4.69, 9.17) is 0 Å². The molecule has 0 radical (unpaired) electrons. The van der Waals surface area contributed by atoms with Crippen LogP contribution in [0.15, 0.2) is 66.0 Å². The van der Waals surface area contributed by atoms with E-state index in [-0.39, 0.29) is 0 Å². The highest BCUT2D eigenvalue weighted by atomic mass is 32.1. The van der Waals surface area contributed by atoms with E-state index in [0.29, 0.717) is 0 Å². The summed E-state index contributed by atoms with van der Waals surface area (Å²) in [6, 6.07) is 23.4. The minimum absolute atomic E-state index is 1.28. The maximum absolute atomic E-state index is 2.44. The molecule has 0 saturated carbocycles. The van der Waals surface area contributed by atoms with Gasteiger partial charge in [-0.05, 0) is 89.4 Å². The van der Waals surface area contributed by atoms with Crippen LogP contribution >= 0.6 is 22.7 Å². The molecule has 136 valence electrons. The standard InChI is InChI=1S/C25H20S2Si/c1-28(2,3)25-14-18-11-22-16(13-24(18)27-25)5-7-19-20(22)6-4-15-12-23-17(8-9-26-23)10-21(15)19/h4-14H,1-3H3. The maximum atomic E-state index is 2.44. The van der Waals surface area contributed by atoms with Gasteiger partial charge in [-0.1, -0.05) is 43.9 Å². The van der Waals surface area contributed by atoms with Gasteiger partial charge >= 0.3 is 0 Å². The van der Waals surface area contributed by atoms with E-state index >= 15 is 0 Å². The Hall–Kier alpha value is -2.20. The zero-order chi connectivity index (χ0) is 19.0. The second-order valence-electron chi connectivity index (χ2n) is 8.73. The first kappa shape index (κ1) is 16.7. The molecule has 0 bridgehead atoms. The molecular weight excluding hydrogens is 392 g/mol. The molecular formula is C25H20S2Si. The quantitative estimate of drug-likeness (QED) is 0.189. The lowest BCUT2D eigenvalue weighted by Gasteiger charge is -2.11. The van der Waals surface area contributed by atoms with Gasteiger partial charge in [0.25, 0.3) is 0 Å². The van der Waals surface area contributed by atoms with Gasteiger partial charge < -0.3 is 0 Å². The largest absolute Gasteiger partial charge is 0.145 e. The summed E-state index contributed by atoms with van der Waals surface area (Å²) in [5.74, 6) is 0. The lowest BCUT2D eigenvalue weighted by molar-refractivity contribution is 1.79. The minimum atomic E-state index is -1.28. The van der Waals surface area contributed by atoms with E-state index in [1.807, 2.05) is 22.7 Å². The molecule has 6 rings (SSSR count). The van der Waals surface area contributed by atoms with Gasteiger partial charge in [0.2, 0.25) is 0 Å². The molecule has 4 aromatic carbocycles. The maximum Gasteiger partial charge on any atom is 0.0904 e. The highest BCUT2D eigenvalue weighted by Gasteiger charge is 2.19. The van der Waals surface area contributed by atoms with Crippen LogP contribution < -0.4 is 4.50 Å². The van der Waals surface area contributed by atoms with Crippen LogP contribution in [-0.2, 0) is 0 Å². The van der Waals surface area contributed by atoms with Crippen LogP contribution in [-0.4, -0.2) is 8.07 Å². The first-order chi connectivity index (χ1) is 13.5. The van der Waals surface area contributed by atoms with Crippen LogP contribution in [0.25, 0.3) is 52.5 Å². The molecule has 0 N–H and O–H groups in total. The molecule has 2 aromatic heterocycles. The first-order valence-electron chi connectivity index (χ1n) is 9.68. The lowest BCUT2D eigenvalue weighted by Crippen LogP contribution is -2.34. The van der Waals surface area contributed by atoms with Gasteiger partial charge in [0.1, 0.15) is 0 Å². The number of hydrogen-bond acceptors (Lipinski definition) is 2. The Morgan fingerprint density at radius 1 is 0.571 bits per heavy atom. The molecule has 0 aliphatic rings. The normalized spacial score (nSPS) is 12.8. The van der Waals surface area contributed by atoms with Crippen molar-refractivity contribution in [3.8, 4) is 0 Å². The zero-order valence-corrected chi connectivity index (χ0v) is 18.8. The Balaban J connectivity index is 1.71. The fourth-order valence-electron chi connectivity index (χ4n) is 4.24. The number of benzene rings is 4. The topological polar surface area (TPSA) is 0 Å². The fourth-order valence-corrected chi connectivity index (χ4v) is 8.04. The van der Waals surface area contributed by atoms with Crippen molar-refractivity contribution in [2.24, 2.45) is 0 Å². The van der Waals surface area contributed by atoms with Crippen molar-refractivity contribution in [2.45, 2.75) is 19.6 Å². The van der Waals surface area contributed by atoms with Crippen molar-refractivity contribution in [1.29, 1.82) is 0 Å². The number of hydrogen-bond donors (Lipinski definition) is 0. The predicted molar refractivity (Wildman–Crippen MR) is 133 cm³/mol. The van der Waals surface area contributed by atoms with Crippen LogP contribution in [0.2, 0.25) is 19.6 Å². The molecule has 2 heterocycles. The molecule has 0 saturated heterocycles. The van der Waals surface area contributed by atoms with Crippen molar-refractivity contribution in [2.75, 3.05) is 0 Å². The Bertz CT molecular complexity index is 1540. The lowest BCUT2D eigenvalue weighted by atomic mass is 9.96. The Morgan fingerprint density at radius 2 is 1.21 bits per heavy atom. The fraction of sp³-hybridized carbons (Fsp3) is 0.120. The SMILES string of the molecule is C[Si](C)(C)c1cc2cc3c(ccc4c5cc6ccsc6cc5ccc34)cc2s1. The van der Waals surface area contributed by atoms with E-state index in [1.165, 1.54) is 52.5 Å². The van der Waals surface area contributed by atoms with Crippen molar-refractivity contribution in [3.63, 3.8) is 0 Å². The molecule has 28 heavy (non-hydrogen) atoms. The highest BCUT2D eigenvalue weighted by molar-refractivity contribution is 7.31. The summed E-state index contributed by atoms with van der Waals surface area (Å²) >= 11 is 3.81. The third-order valence-corrected chi connectivity index (χ3v) is 11.3. The smallest absolute Gasteiger partial charge is 0.0904 e. The van der Waals surface area contributed by atoms with Crippen LogP contribution in [0.1, 0.15) is 0 Å². The Kier molecular flexibility index (Phi) is 3.38. The predicted octanol–water partition coefficient (Wildman–Crippen LogP) is 8.12. The second-order valence-corrected chi connectivity index (χ2v) is 16.2. The number of thiophene rings is 2. The Morgan fingerprint density at radius 3 is 1.89 bits per heavy atom. The van der Waals surface area contributed by atoms with Crippen LogP contribution in [0.3, 0.4) is 0 Å². The van der Waals surface area contributed by atoms with Gasteiger partial charge in [0.15, 0.2) is 0 Å². The van der Waals surface area contributed by atoms with Crippen molar-refractivity contribution >= 4 is 87.7 Å². The third-order valence-electron chi connectivity index (χ3n) is 5.78. The second kappa shape index (κ2) is 5.66. The molecule has 3 heteroatoms. The van der Waals surface area contributed by atoms with E-state index in [0.717, 1.165) is 0 Å². The molecule has 0 fully saturated rings. The van der Waals surface area contributed by atoms with E-state index in [2.05, 4.69) is 85.7 Å². The van der Waals surface area contributed by atoms with E-state index in [1.54, 1.807) is 4.50 Å². The average Bonchev–Trinajstić information content (AvgIpc) is 3.29. The van der Waals surface area contributed by atoms with Gasteiger partial charge in [0.05, 0.1) is 8.07 Å². The molecule has 0 atom stereocenters. The van der Waals surface area contributed by atoms with Gasteiger partial charge in [-0.3, -0.25) is 0 Å². The van der Waals surface area contributed by atoms with Gasteiger partial charge in [-0.2, -0.15) is 0 Å². The van der Waals surface area contributed by atoms with Crippen molar-refractivity contribution < 1.29 is 0 Å². The number of fused-ring (bicyclic) bond motifs is 7. The summed E-state index contributed by atoms with van der Waals surface area (Å²) in [4.78, 5) is 0. The van der Waals surface area contributed by atoms with Crippen LogP contribution in [0, 0.1) is 0 Å². The minimum Gasteiger partial charge on any atom is -0.145 e. The third kappa shape index (κ3) is 2.40. The molecule has 0 nitrogen and oxygen atoms in total. The molecule has 0 amide bonds. The molecule has 0 aliphatic carbocycles. The molecule has 0 aliphatic heterocycles. The highest BCUT2D eigenvalue weighted by Crippen LogP contribution is 2.36. The van der Waals surface area contributed by atoms with Gasteiger partial charge in [0, 0.05) is 9.40 Å². The van der Waals surface area contributed by atoms with Crippen LogP contribution in [0.4, 0.5) is 0 Å². The van der Waals surface area contributed by atoms with E-state index < -0.39 is 8.07 Å². The van der Waals surface area contributed by atoms with Crippen molar-refractivity contribution in [1.82, 2.24) is 0 Å². The monoisotopic (exact) mass is 412 g/mol. The van der Waals surface area contributed by atoms with Gasteiger partial charge in [-0.15, -0.1) is 22.7 Å². The molecule has 0 spiro atoms. The summed E-state index contributed by atoms with van der Waals surface area (Å²) in [5, 5.41) is 13.1. The number of rotatable bonds is 1. The summed E-state index contributed by atoms with van der Waals surface area (Å²) in [5.41, 5.74) is 0. The summed E-state index contributed by atoms with van der Waals surface area (Å²) in [6.07, 6.45) is 0. The first-order valence-corrected chi connectivity index (χ1v) is 14.9. The summed E-state index contributed by atoms with van der Waals surface area (Å²) in [7, 11) is -1.28. The Labute approximate surface area is 173 Å². The van der Waals surface area contributed by atoms with Crippen molar-refractivity contribution in [3.05, 3.63) is 66.0 Å². The zero-order valence-electron chi connectivity index (χ0n) is 16.2. The average molecular weight is 413 g/mol. The van der Waals surface area contributed by atoms with E-state index in [9.17, 15) is 0 Å². The molecule has 0 unspecified atom stereocenters. The van der Waals surface area contributed by atoms with Crippen LogP contribution in [0.5, 0.6) is 0 Å². The summed E-state index contributed by atoms with van der Waals surface area (Å²) < 4.78 is 4.38. The molecule has 6 aromatic rings. The summed E-state index contributed by atoms with van der Waals surface area (Å²) in [6.45, 7) is 7.30.